The Bertz CT molecular complexity index is 1040. The molecule has 3 aromatic rings. The Morgan fingerprint density at radius 2 is 1.86 bits per heavy atom. The summed E-state index contributed by atoms with van der Waals surface area (Å²) in [6, 6.07) is 19.6. The van der Waals surface area contributed by atoms with E-state index in [0.717, 1.165) is 35.3 Å². The van der Waals surface area contributed by atoms with E-state index in [2.05, 4.69) is 0 Å². The van der Waals surface area contributed by atoms with Gasteiger partial charge in [0.1, 0.15) is 17.2 Å². The number of carboxylic acids is 1. The highest BCUT2D eigenvalue weighted by atomic mass is 19.1. The lowest BCUT2D eigenvalue weighted by atomic mass is 9.86. The molecular formula is C24H21FO3. The fourth-order valence-corrected chi connectivity index (χ4v) is 3.75. The first kappa shape index (κ1) is 18.2. The molecule has 0 radical (unpaired) electrons. The first-order valence-corrected chi connectivity index (χ1v) is 9.33. The maximum atomic E-state index is 14.1. The van der Waals surface area contributed by atoms with Gasteiger partial charge in [0.15, 0.2) is 0 Å². The number of hydrogen-bond donors (Lipinski definition) is 1. The van der Waals surface area contributed by atoms with Gasteiger partial charge in [0, 0.05) is 6.42 Å². The molecule has 1 atom stereocenters. The summed E-state index contributed by atoms with van der Waals surface area (Å²) in [5.41, 5.74) is 3.25. The van der Waals surface area contributed by atoms with E-state index in [1.807, 2.05) is 37.3 Å². The number of rotatable bonds is 4. The molecule has 28 heavy (non-hydrogen) atoms. The van der Waals surface area contributed by atoms with E-state index in [4.69, 9.17) is 4.74 Å². The SMILES string of the molecule is C[C@@]1(Cc2ccccc2F)CCc2ccc(-c3cccc(C(=O)O)c3)cc2O1. The molecule has 4 heteroatoms. The average Bonchev–Trinajstić information content (AvgIpc) is 2.69. The largest absolute Gasteiger partial charge is 0.487 e. The second-order valence-corrected chi connectivity index (χ2v) is 7.53. The van der Waals surface area contributed by atoms with Crippen LogP contribution in [0.5, 0.6) is 5.75 Å². The Kier molecular flexibility index (Phi) is 4.63. The van der Waals surface area contributed by atoms with Crippen molar-refractivity contribution in [3.05, 3.63) is 89.2 Å². The molecule has 0 aromatic heterocycles. The van der Waals surface area contributed by atoms with Gasteiger partial charge in [-0.25, -0.2) is 9.18 Å². The van der Waals surface area contributed by atoms with E-state index < -0.39 is 11.6 Å². The van der Waals surface area contributed by atoms with Crippen molar-refractivity contribution in [3.63, 3.8) is 0 Å². The number of carboxylic acid groups (broad SMARTS) is 1. The lowest BCUT2D eigenvalue weighted by molar-refractivity contribution is 0.0646. The number of halogens is 1. The van der Waals surface area contributed by atoms with Crippen LogP contribution in [-0.2, 0) is 12.8 Å². The van der Waals surface area contributed by atoms with Gasteiger partial charge < -0.3 is 9.84 Å². The van der Waals surface area contributed by atoms with Crippen molar-refractivity contribution in [1.29, 1.82) is 0 Å². The molecule has 0 saturated carbocycles. The van der Waals surface area contributed by atoms with Gasteiger partial charge in [-0.1, -0.05) is 42.5 Å². The fourth-order valence-electron chi connectivity index (χ4n) is 3.75. The van der Waals surface area contributed by atoms with E-state index in [1.54, 1.807) is 30.3 Å². The summed E-state index contributed by atoms with van der Waals surface area (Å²) in [5, 5.41) is 9.22. The Labute approximate surface area is 163 Å². The normalized spacial score (nSPS) is 18.2. The second-order valence-electron chi connectivity index (χ2n) is 7.53. The van der Waals surface area contributed by atoms with Crippen molar-refractivity contribution >= 4 is 5.97 Å². The molecule has 0 amide bonds. The van der Waals surface area contributed by atoms with E-state index in [-0.39, 0.29) is 11.4 Å². The van der Waals surface area contributed by atoms with E-state index in [9.17, 15) is 14.3 Å². The number of benzene rings is 3. The lowest BCUT2D eigenvalue weighted by Crippen LogP contribution is -2.38. The lowest BCUT2D eigenvalue weighted by Gasteiger charge is -2.36. The molecule has 0 spiro atoms. The fraction of sp³-hybridized carbons (Fsp3) is 0.208. The van der Waals surface area contributed by atoms with Crippen molar-refractivity contribution in [2.45, 2.75) is 31.8 Å². The topological polar surface area (TPSA) is 46.5 Å². The summed E-state index contributed by atoms with van der Waals surface area (Å²) >= 11 is 0. The van der Waals surface area contributed by atoms with Crippen LogP contribution in [0.15, 0.2) is 66.7 Å². The van der Waals surface area contributed by atoms with Crippen LogP contribution in [0.3, 0.4) is 0 Å². The van der Waals surface area contributed by atoms with Gasteiger partial charge in [0.2, 0.25) is 0 Å². The summed E-state index contributed by atoms with van der Waals surface area (Å²) in [7, 11) is 0. The number of carbonyl (C=O) groups is 1. The maximum Gasteiger partial charge on any atom is 0.335 e. The second kappa shape index (κ2) is 7.12. The Morgan fingerprint density at radius 3 is 2.64 bits per heavy atom. The molecule has 142 valence electrons. The van der Waals surface area contributed by atoms with Crippen molar-refractivity contribution in [2.75, 3.05) is 0 Å². The van der Waals surface area contributed by atoms with Gasteiger partial charge in [-0.3, -0.25) is 0 Å². The van der Waals surface area contributed by atoms with Crippen LogP contribution in [0.4, 0.5) is 4.39 Å². The number of ether oxygens (including phenoxy) is 1. The monoisotopic (exact) mass is 376 g/mol. The van der Waals surface area contributed by atoms with E-state index in [0.29, 0.717) is 12.0 Å². The molecular weight excluding hydrogens is 355 g/mol. The van der Waals surface area contributed by atoms with Crippen molar-refractivity contribution in [1.82, 2.24) is 0 Å². The number of aromatic carboxylic acids is 1. The first-order valence-electron chi connectivity index (χ1n) is 9.33. The molecule has 3 nitrogen and oxygen atoms in total. The van der Waals surface area contributed by atoms with Crippen LogP contribution in [0, 0.1) is 5.82 Å². The number of hydrogen-bond acceptors (Lipinski definition) is 2. The summed E-state index contributed by atoms with van der Waals surface area (Å²) in [5.74, 6) is -0.380. The maximum absolute atomic E-state index is 14.1. The highest BCUT2D eigenvalue weighted by molar-refractivity contribution is 5.89. The smallest absolute Gasteiger partial charge is 0.335 e. The Balaban J connectivity index is 1.63. The van der Waals surface area contributed by atoms with Crippen LogP contribution in [-0.4, -0.2) is 16.7 Å². The molecule has 1 aliphatic rings. The van der Waals surface area contributed by atoms with Crippen LogP contribution in [0.25, 0.3) is 11.1 Å². The molecule has 0 aliphatic carbocycles. The average molecular weight is 376 g/mol. The van der Waals surface area contributed by atoms with Crippen LogP contribution >= 0.6 is 0 Å². The highest BCUT2D eigenvalue weighted by Crippen LogP contribution is 2.38. The standard InChI is InChI=1S/C24H21FO3/c1-24(15-20-5-2-3-8-21(20)25)12-11-16-9-10-18(14-22(16)28-24)17-6-4-7-19(13-17)23(26)27/h2-10,13-14H,11-12,15H2,1H3,(H,26,27)/t24-/m0/s1. The quantitative estimate of drug-likeness (QED) is 0.652. The Hall–Kier alpha value is -3.14. The minimum atomic E-state index is -0.950. The zero-order chi connectivity index (χ0) is 19.7. The van der Waals surface area contributed by atoms with E-state index in [1.165, 1.54) is 6.07 Å². The summed E-state index contributed by atoms with van der Waals surface area (Å²) < 4.78 is 20.4. The van der Waals surface area contributed by atoms with Crippen molar-refractivity contribution in [3.8, 4) is 16.9 Å². The van der Waals surface area contributed by atoms with Crippen molar-refractivity contribution in [2.24, 2.45) is 0 Å². The van der Waals surface area contributed by atoms with Crippen molar-refractivity contribution < 1.29 is 19.0 Å². The van der Waals surface area contributed by atoms with Gasteiger partial charge in [-0.2, -0.15) is 0 Å². The van der Waals surface area contributed by atoms with E-state index >= 15 is 0 Å². The molecule has 1 N–H and O–H groups in total. The molecule has 1 aliphatic heterocycles. The minimum Gasteiger partial charge on any atom is -0.487 e. The summed E-state index contributed by atoms with van der Waals surface area (Å²) in [4.78, 5) is 11.2. The highest BCUT2D eigenvalue weighted by Gasteiger charge is 2.32. The van der Waals surface area contributed by atoms with Gasteiger partial charge in [0.25, 0.3) is 0 Å². The zero-order valence-corrected chi connectivity index (χ0v) is 15.6. The van der Waals surface area contributed by atoms with Crippen LogP contribution in [0.2, 0.25) is 0 Å². The van der Waals surface area contributed by atoms with Gasteiger partial charge in [-0.05, 0) is 66.3 Å². The third kappa shape index (κ3) is 3.63. The van der Waals surface area contributed by atoms with Gasteiger partial charge in [0.05, 0.1) is 5.56 Å². The molecule has 0 saturated heterocycles. The number of fused-ring (bicyclic) bond motifs is 1. The summed E-state index contributed by atoms with van der Waals surface area (Å²) in [6.45, 7) is 2.01. The first-order chi connectivity index (χ1) is 13.4. The summed E-state index contributed by atoms with van der Waals surface area (Å²) in [6.07, 6.45) is 2.16. The van der Waals surface area contributed by atoms with Gasteiger partial charge >= 0.3 is 5.97 Å². The molecule has 0 unspecified atom stereocenters. The predicted molar refractivity (Wildman–Crippen MR) is 106 cm³/mol. The molecule has 4 rings (SSSR count). The molecule has 0 fully saturated rings. The van der Waals surface area contributed by atoms with Crippen LogP contribution in [0.1, 0.15) is 34.8 Å². The zero-order valence-electron chi connectivity index (χ0n) is 15.6. The Morgan fingerprint density at radius 1 is 1.07 bits per heavy atom. The molecule has 0 bridgehead atoms. The number of aryl methyl sites for hydroxylation is 1. The van der Waals surface area contributed by atoms with Crippen LogP contribution < -0.4 is 4.74 Å². The minimum absolute atomic E-state index is 0.211. The third-order valence-corrected chi connectivity index (χ3v) is 5.31. The van der Waals surface area contributed by atoms with Gasteiger partial charge in [-0.15, -0.1) is 0 Å². The molecule has 3 aromatic carbocycles. The molecule has 1 heterocycles. The predicted octanol–water partition coefficient (Wildman–Crippen LogP) is 5.52. The third-order valence-electron chi connectivity index (χ3n) is 5.31.